The SMILES string of the molecule is CCn1cc(C(Cc2cccc(Cl)c2)NC)cn1. The molecule has 0 aliphatic rings. The second kappa shape index (κ2) is 6.03. The first-order chi connectivity index (χ1) is 8.72. The highest BCUT2D eigenvalue weighted by molar-refractivity contribution is 6.30. The van der Waals surface area contributed by atoms with Gasteiger partial charge in [0.15, 0.2) is 0 Å². The van der Waals surface area contributed by atoms with Crippen molar-refractivity contribution in [3.63, 3.8) is 0 Å². The van der Waals surface area contributed by atoms with Gasteiger partial charge in [-0.05, 0) is 38.1 Å². The summed E-state index contributed by atoms with van der Waals surface area (Å²) in [4.78, 5) is 0. The van der Waals surface area contributed by atoms with Crippen molar-refractivity contribution in [2.45, 2.75) is 25.9 Å². The lowest BCUT2D eigenvalue weighted by Crippen LogP contribution is -2.18. The molecule has 3 nitrogen and oxygen atoms in total. The monoisotopic (exact) mass is 263 g/mol. The number of aromatic nitrogens is 2. The van der Waals surface area contributed by atoms with Gasteiger partial charge in [0.2, 0.25) is 0 Å². The zero-order valence-electron chi connectivity index (χ0n) is 10.7. The van der Waals surface area contributed by atoms with Crippen LogP contribution < -0.4 is 5.32 Å². The van der Waals surface area contributed by atoms with Gasteiger partial charge in [-0.2, -0.15) is 5.10 Å². The Morgan fingerprint density at radius 1 is 1.44 bits per heavy atom. The van der Waals surface area contributed by atoms with E-state index in [-0.39, 0.29) is 6.04 Å². The summed E-state index contributed by atoms with van der Waals surface area (Å²) >= 11 is 6.01. The Morgan fingerprint density at radius 3 is 2.89 bits per heavy atom. The van der Waals surface area contributed by atoms with Gasteiger partial charge in [0.05, 0.1) is 6.20 Å². The van der Waals surface area contributed by atoms with Gasteiger partial charge < -0.3 is 5.32 Å². The number of nitrogens with zero attached hydrogens (tertiary/aromatic N) is 2. The van der Waals surface area contributed by atoms with E-state index in [9.17, 15) is 0 Å². The third-order valence-corrected chi connectivity index (χ3v) is 3.29. The molecule has 0 radical (unpaired) electrons. The molecule has 0 saturated heterocycles. The van der Waals surface area contributed by atoms with Crippen molar-refractivity contribution < 1.29 is 0 Å². The lowest BCUT2D eigenvalue weighted by molar-refractivity contribution is 0.589. The zero-order chi connectivity index (χ0) is 13.0. The van der Waals surface area contributed by atoms with Crippen LogP contribution in [-0.2, 0) is 13.0 Å². The molecule has 1 unspecified atom stereocenters. The molecule has 1 aromatic carbocycles. The van der Waals surface area contributed by atoms with Crippen LogP contribution in [0.5, 0.6) is 0 Å². The average Bonchev–Trinajstić information content (AvgIpc) is 2.84. The van der Waals surface area contributed by atoms with Gasteiger partial charge in [0.1, 0.15) is 0 Å². The summed E-state index contributed by atoms with van der Waals surface area (Å²) in [5.74, 6) is 0. The van der Waals surface area contributed by atoms with E-state index in [4.69, 9.17) is 11.6 Å². The third kappa shape index (κ3) is 3.12. The summed E-state index contributed by atoms with van der Waals surface area (Å²) in [6, 6.07) is 8.26. The van der Waals surface area contributed by atoms with E-state index < -0.39 is 0 Å². The summed E-state index contributed by atoms with van der Waals surface area (Å²) in [6.45, 7) is 2.98. The molecule has 1 atom stereocenters. The predicted molar refractivity (Wildman–Crippen MR) is 74.9 cm³/mol. The Hall–Kier alpha value is -1.32. The number of halogens is 1. The average molecular weight is 264 g/mol. The Labute approximate surface area is 113 Å². The van der Waals surface area contributed by atoms with Gasteiger partial charge in [0.25, 0.3) is 0 Å². The van der Waals surface area contributed by atoms with Crippen molar-refractivity contribution in [1.29, 1.82) is 0 Å². The molecule has 0 spiro atoms. The summed E-state index contributed by atoms with van der Waals surface area (Å²) in [5.41, 5.74) is 2.44. The van der Waals surface area contributed by atoms with E-state index in [0.717, 1.165) is 18.0 Å². The van der Waals surface area contributed by atoms with Crippen LogP contribution in [0.15, 0.2) is 36.7 Å². The molecule has 0 fully saturated rings. The first-order valence-electron chi connectivity index (χ1n) is 6.17. The second-order valence-corrected chi connectivity index (χ2v) is 4.74. The third-order valence-electron chi connectivity index (χ3n) is 3.06. The molecule has 0 aliphatic carbocycles. The minimum absolute atomic E-state index is 0.267. The predicted octanol–water partition coefficient (Wildman–Crippen LogP) is 3.06. The summed E-state index contributed by atoms with van der Waals surface area (Å²) in [5, 5.41) is 8.42. The van der Waals surface area contributed by atoms with Crippen molar-refractivity contribution in [2.75, 3.05) is 7.05 Å². The van der Waals surface area contributed by atoms with E-state index in [1.54, 1.807) is 0 Å². The molecule has 4 heteroatoms. The highest BCUT2D eigenvalue weighted by Crippen LogP contribution is 2.19. The van der Waals surface area contributed by atoms with Crippen molar-refractivity contribution in [2.24, 2.45) is 0 Å². The van der Waals surface area contributed by atoms with Crippen molar-refractivity contribution in [3.8, 4) is 0 Å². The fourth-order valence-corrected chi connectivity index (χ4v) is 2.23. The Morgan fingerprint density at radius 2 is 2.28 bits per heavy atom. The largest absolute Gasteiger partial charge is 0.313 e. The molecule has 1 aromatic heterocycles. The van der Waals surface area contributed by atoms with Crippen LogP contribution in [0, 0.1) is 0 Å². The standard InChI is InChI=1S/C14H18ClN3/c1-3-18-10-12(9-17-18)14(16-2)8-11-5-4-6-13(15)7-11/h4-7,9-10,14,16H,3,8H2,1-2H3. The normalized spacial score (nSPS) is 12.6. The molecule has 0 bridgehead atoms. The molecule has 1 N–H and O–H groups in total. The molecular formula is C14H18ClN3. The van der Waals surface area contributed by atoms with Crippen molar-refractivity contribution in [3.05, 3.63) is 52.8 Å². The van der Waals surface area contributed by atoms with Crippen LogP contribution in [0.1, 0.15) is 24.1 Å². The van der Waals surface area contributed by atoms with Crippen LogP contribution in [0.2, 0.25) is 5.02 Å². The molecule has 2 rings (SSSR count). The van der Waals surface area contributed by atoms with Gasteiger partial charge in [-0.15, -0.1) is 0 Å². The lowest BCUT2D eigenvalue weighted by atomic mass is 10.0. The van der Waals surface area contributed by atoms with Gasteiger partial charge >= 0.3 is 0 Å². The fourth-order valence-electron chi connectivity index (χ4n) is 2.02. The summed E-state index contributed by atoms with van der Waals surface area (Å²) in [7, 11) is 1.97. The minimum Gasteiger partial charge on any atom is -0.313 e. The smallest absolute Gasteiger partial charge is 0.0537 e. The maximum absolute atomic E-state index is 6.01. The molecule has 2 aromatic rings. The van der Waals surface area contributed by atoms with Crippen LogP contribution in [0.4, 0.5) is 0 Å². The number of hydrogen-bond acceptors (Lipinski definition) is 2. The minimum atomic E-state index is 0.267. The molecule has 18 heavy (non-hydrogen) atoms. The van der Waals surface area contributed by atoms with Crippen LogP contribution in [0.25, 0.3) is 0 Å². The summed E-state index contributed by atoms with van der Waals surface area (Å²) < 4.78 is 1.94. The number of rotatable bonds is 5. The van der Waals surface area contributed by atoms with Crippen LogP contribution in [0.3, 0.4) is 0 Å². The van der Waals surface area contributed by atoms with Gasteiger partial charge in [-0.25, -0.2) is 0 Å². The number of likely N-dealkylation sites (N-methyl/N-ethyl adjacent to an activating group) is 1. The topological polar surface area (TPSA) is 29.9 Å². The van der Waals surface area contributed by atoms with E-state index in [1.807, 2.05) is 36.1 Å². The van der Waals surface area contributed by atoms with Gasteiger partial charge in [-0.1, -0.05) is 23.7 Å². The Kier molecular flexibility index (Phi) is 4.39. The first-order valence-corrected chi connectivity index (χ1v) is 6.54. The number of hydrogen-bond donors (Lipinski definition) is 1. The van der Waals surface area contributed by atoms with Crippen LogP contribution in [-0.4, -0.2) is 16.8 Å². The molecule has 0 saturated carbocycles. The highest BCUT2D eigenvalue weighted by Gasteiger charge is 2.12. The van der Waals surface area contributed by atoms with Crippen LogP contribution >= 0.6 is 11.6 Å². The zero-order valence-corrected chi connectivity index (χ0v) is 11.5. The van der Waals surface area contributed by atoms with E-state index in [1.165, 1.54) is 11.1 Å². The highest BCUT2D eigenvalue weighted by atomic mass is 35.5. The maximum atomic E-state index is 6.01. The quantitative estimate of drug-likeness (QED) is 0.899. The Bertz CT molecular complexity index is 507. The number of aryl methyl sites for hydroxylation is 1. The molecule has 1 heterocycles. The molecule has 0 aliphatic heterocycles. The van der Waals surface area contributed by atoms with Crippen molar-refractivity contribution in [1.82, 2.24) is 15.1 Å². The molecule has 0 amide bonds. The summed E-state index contributed by atoms with van der Waals surface area (Å²) in [6.07, 6.45) is 4.92. The fraction of sp³-hybridized carbons (Fsp3) is 0.357. The van der Waals surface area contributed by atoms with E-state index >= 15 is 0 Å². The number of benzene rings is 1. The second-order valence-electron chi connectivity index (χ2n) is 4.30. The Balaban J connectivity index is 2.14. The van der Waals surface area contributed by atoms with E-state index in [2.05, 4.69) is 29.6 Å². The lowest BCUT2D eigenvalue weighted by Gasteiger charge is -2.14. The van der Waals surface area contributed by atoms with Crippen molar-refractivity contribution >= 4 is 11.6 Å². The molecular weight excluding hydrogens is 246 g/mol. The maximum Gasteiger partial charge on any atom is 0.0537 e. The first kappa shape index (κ1) is 13.1. The van der Waals surface area contributed by atoms with Gasteiger partial charge in [-0.3, -0.25) is 4.68 Å². The van der Waals surface area contributed by atoms with E-state index in [0.29, 0.717) is 0 Å². The number of nitrogens with one attached hydrogen (secondary N) is 1. The van der Waals surface area contributed by atoms with Gasteiger partial charge in [0, 0.05) is 29.4 Å². The molecule has 96 valence electrons.